The number of benzene rings is 4. The summed E-state index contributed by atoms with van der Waals surface area (Å²) in [5.41, 5.74) is 5.95. The zero-order chi connectivity index (χ0) is 25.4. The zero-order valence-electron chi connectivity index (χ0n) is 19.9. The molecular weight excluding hydrogens is 440 g/mol. The van der Waals surface area contributed by atoms with Crippen molar-refractivity contribution in [3.05, 3.63) is 107 Å². The second-order valence-electron chi connectivity index (χ2n) is 8.06. The first-order valence-corrected chi connectivity index (χ1v) is 11.0. The van der Waals surface area contributed by atoms with E-state index >= 15 is 0 Å². The minimum absolute atomic E-state index is 0.0415. The number of nitrogens with one attached hydrogen (secondary N) is 2. The minimum Gasteiger partial charge on any atom is -0.506 e. The largest absolute Gasteiger partial charge is 0.506 e. The topological polar surface area (TPSA) is 98.7 Å². The van der Waals surface area contributed by atoms with E-state index in [-0.39, 0.29) is 17.4 Å². The van der Waals surface area contributed by atoms with E-state index in [1.807, 2.05) is 56.3 Å². The third kappa shape index (κ3) is 6.71. The van der Waals surface area contributed by atoms with Gasteiger partial charge in [0.15, 0.2) is 0 Å². The van der Waals surface area contributed by atoms with Gasteiger partial charge in [0.25, 0.3) is 5.91 Å². The van der Waals surface area contributed by atoms with Crippen LogP contribution in [0.5, 0.6) is 11.5 Å². The normalized spacial score (nSPS) is 10.0. The van der Waals surface area contributed by atoms with Crippen LogP contribution in [0.4, 0.5) is 11.4 Å². The number of aryl methyl sites for hydroxylation is 2. The van der Waals surface area contributed by atoms with E-state index in [0.717, 1.165) is 28.5 Å². The molecule has 0 unspecified atom stereocenters. The van der Waals surface area contributed by atoms with Gasteiger partial charge in [0.2, 0.25) is 0 Å². The molecule has 4 N–H and O–H groups in total. The first-order chi connectivity index (χ1) is 16.8. The Hall–Kier alpha value is -4.58. The molecule has 0 bridgehead atoms. The molecule has 35 heavy (non-hydrogen) atoms. The second-order valence-corrected chi connectivity index (χ2v) is 8.06. The van der Waals surface area contributed by atoms with Gasteiger partial charge in [0, 0.05) is 18.2 Å². The average Bonchev–Trinajstić information content (AvgIpc) is 2.86. The molecule has 0 spiro atoms. The number of amides is 1. The van der Waals surface area contributed by atoms with Gasteiger partial charge in [-0.25, -0.2) is 0 Å². The lowest BCUT2D eigenvalue weighted by Gasteiger charge is -2.11. The van der Waals surface area contributed by atoms with Crippen molar-refractivity contribution in [2.24, 2.45) is 0 Å². The fourth-order valence-electron chi connectivity index (χ4n) is 3.28. The van der Waals surface area contributed by atoms with Crippen LogP contribution in [0.2, 0.25) is 0 Å². The SMILES string of the molecule is CNc1ccc(-c2ccc(NC(=O)c3ccc(C)cc3)c(O)c2)cc1O.Cc1ccc(C=O)cc1. The Kier molecular flexibility index (Phi) is 8.24. The molecule has 4 aromatic carbocycles. The van der Waals surface area contributed by atoms with Gasteiger partial charge < -0.3 is 20.8 Å². The van der Waals surface area contributed by atoms with Crippen LogP contribution in [0.1, 0.15) is 31.8 Å². The Balaban J connectivity index is 0.000000320. The monoisotopic (exact) mass is 468 g/mol. The van der Waals surface area contributed by atoms with Gasteiger partial charge in [-0.3, -0.25) is 9.59 Å². The van der Waals surface area contributed by atoms with E-state index in [1.165, 1.54) is 5.56 Å². The van der Waals surface area contributed by atoms with Gasteiger partial charge in [0.05, 0.1) is 11.4 Å². The summed E-state index contributed by atoms with van der Waals surface area (Å²) in [6, 6.07) is 24.8. The second kappa shape index (κ2) is 11.5. The van der Waals surface area contributed by atoms with Gasteiger partial charge in [-0.15, -0.1) is 0 Å². The van der Waals surface area contributed by atoms with Crippen molar-refractivity contribution in [1.82, 2.24) is 0 Å². The summed E-state index contributed by atoms with van der Waals surface area (Å²) >= 11 is 0. The summed E-state index contributed by atoms with van der Waals surface area (Å²) in [7, 11) is 1.73. The zero-order valence-corrected chi connectivity index (χ0v) is 19.9. The highest BCUT2D eigenvalue weighted by Crippen LogP contribution is 2.34. The lowest BCUT2D eigenvalue weighted by molar-refractivity contribution is 0.102. The van der Waals surface area contributed by atoms with E-state index in [2.05, 4.69) is 10.6 Å². The van der Waals surface area contributed by atoms with Crippen LogP contribution < -0.4 is 10.6 Å². The number of phenols is 2. The molecule has 0 aliphatic rings. The molecule has 0 aliphatic carbocycles. The van der Waals surface area contributed by atoms with Crippen LogP contribution in [0.15, 0.2) is 84.9 Å². The predicted molar refractivity (Wildman–Crippen MR) is 140 cm³/mol. The molecule has 0 aromatic heterocycles. The van der Waals surface area contributed by atoms with Crippen LogP contribution in [-0.4, -0.2) is 29.5 Å². The molecule has 0 saturated carbocycles. The van der Waals surface area contributed by atoms with Crippen LogP contribution in [-0.2, 0) is 0 Å². The molecule has 6 heteroatoms. The highest BCUT2D eigenvalue weighted by Gasteiger charge is 2.11. The summed E-state index contributed by atoms with van der Waals surface area (Å²) in [5, 5.41) is 25.8. The molecule has 1 amide bonds. The number of rotatable bonds is 5. The highest BCUT2D eigenvalue weighted by atomic mass is 16.3. The lowest BCUT2D eigenvalue weighted by atomic mass is 10.0. The molecule has 6 nitrogen and oxygen atoms in total. The van der Waals surface area contributed by atoms with Crippen molar-refractivity contribution < 1.29 is 19.8 Å². The number of phenolic OH excluding ortho intramolecular Hbond substituents is 2. The lowest BCUT2D eigenvalue weighted by Crippen LogP contribution is -2.11. The van der Waals surface area contributed by atoms with Crippen LogP contribution in [0, 0.1) is 13.8 Å². The van der Waals surface area contributed by atoms with Crippen molar-refractivity contribution >= 4 is 23.6 Å². The van der Waals surface area contributed by atoms with Crippen molar-refractivity contribution in [1.29, 1.82) is 0 Å². The Bertz CT molecular complexity index is 1310. The molecule has 0 fully saturated rings. The molecule has 4 rings (SSSR count). The Morgan fingerprint density at radius 1 is 0.714 bits per heavy atom. The molecule has 4 aromatic rings. The summed E-state index contributed by atoms with van der Waals surface area (Å²) in [4.78, 5) is 22.4. The number of hydrogen-bond donors (Lipinski definition) is 4. The quantitative estimate of drug-likeness (QED) is 0.207. The molecule has 0 heterocycles. The average molecular weight is 469 g/mol. The van der Waals surface area contributed by atoms with Gasteiger partial charge in [-0.1, -0.05) is 59.7 Å². The van der Waals surface area contributed by atoms with Crippen LogP contribution >= 0.6 is 0 Å². The summed E-state index contributed by atoms with van der Waals surface area (Å²) in [6.45, 7) is 3.95. The van der Waals surface area contributed by atoms with Gasteiger partial charge >= 0.3 is 0 Å². The Morgan fingerprint density at radius 2 is 1.20 bits per heavy atom. The number of carbonyl (C=O) groups is 2. The smallest absolute Gasteiger partial charge is 0.255 e. The first kappa shape index (κ1) is 25.1. The van der Waals surface area contributed by atoms with Crippen molar-refractivity contribution in [3.63, 3.8) is 0 Å². The number of anilines is 2. The number of hydrogen-bond acceptors (Lipinski definition) is 5. The first-order valence-electron chi connectivity index (χ1n) is 11.0. The Labute approximate surface area is 204 Å². The summed E-state index contributed by atoms with van der Waals surface area (Å²) < 4.78 is 0. The van der Waals surface area contributed by atoms with Crippen molar-refractivity contribution in [2.45, 2.75) is 13.8 Å². The van der Waals surface area contributed by atoms with Gasteiger partial charge in [-0.05, 0) is 61.4 Å². The molecule has 0 saturated heterocycles. The number of aromatic hydroxyl groups is 2. The van der Waals surface area contributed by atoms with E-state index in [4.69, 9.17) is 0 Å². The molecular formula is C29H28N2O4. The van der Waals surface area contributed by atoms with E-state index in [1.54, 1.807) is 49.5 Å². The number of aldehydes is 1. The van der Waals surface area contributed by atoms with Crippen molar-refractivity contribution in [2.75, 3.05) is 17.7 Å². The predicted octanol–water partition coefficient (Wildman–Crippen LogP) is 6.17. The fraction of sp³-hybridized carbons (Fsp3) is 0.103. The molecule has 0 atom stereocenters. The Morgan fingerprint density at radius 3 is 1.66 bits per heavy atom. The summed E-state index contributed by atoms with van der Waals surface area (Å²) in [6.07, 6.45) is 0.847. The van der Waals surface area contributed by atoms with Crippen LogP contribution in [0.25, 0.3) is 11.1 Å². The van der Waals surface area contributed by atoms with E-state index < -0.39 is 0 Å². The van der Waals surface area contributed by atoms with Gasteiger partial charge in [0.1, 0.15) is 17.8 Å². The molecule has 0 aliphatic heterocycles. The maximum absolute atomic E-state index is 12.3. The van der Waals surface area contributed by atoms with E-state index in [0.29, 0.717) is 16.9 Å². The van der Waals surface area contributed by atoms with E-state index in [9.17, 15) is 19.8 Å². The highest BCUT2D eigenvalue weighted by molar-refractivity contribution is 6.05. The fourth-order valence-corrected chi connectivity index (χ4v) is 3.28. The third-order valence-corrected chi connectivity index (χ3v) is 5.37. The molecule has 0 radical (unpaired) electrons. The van der Waals surface area contributed by atoms with Crippen molar-refractivity contribution in [3.8, 4) is 22.6 Å². The standard InChI is InChI=1S/C21H20N2O3.C8H8O/c1-13-3-5-14(6-4-13)21(26)23-18-10-8-16(12-20(18)25)15-7-9-17(22-2)19(24)11-15;1-7-2-4-8(6-9)5-3-7/h3-12,22,24-25H,1-2H3,(H,23,26);2-6H,1H3. The maximum Gasteiger partial charge on any atom is 0.255 e. The van der Waals surface area contributed by atoms with Crippen LogP contribution in [0.3, 0.4) is 0 Å². The summed E-state index contributed by atoms with van der Waals surface area (Å²) in [5.74, 6) is -0.203. The number of carbonyl (C=O) groups excluding carboxylic acids is 2. The van der Waals surface area contributed by atoms with Gasteiger partial charge in [-0.2, -0.15) is 0 Å². The molecule has 178 valence electrons. The minimum atomic E-state index is -0.288. The maximum atomic E-state index is 12.3. The third-order valence-electron chi connectivity index (χ3n) is 5.37.